The van der Waals surface area contributed by atoms with Gasteiger partial charge in [-0.3, -0.25) is 0 Å². The van der Waals surface area contributed by atoms with Crippen LogP contribution in [0.25, 0.3) is 4.13 Å². The van der Waals surface area contributed by atoms with Crippen molar-refractivity contribution in [3.8, 4) is 0 Å². The molecule has 0 spiro atoms. The molecule has 0 atom stereocenters. The third kappa shape index (κ3) is 14.8. The lowest BCUT2D eigenvalue weighted by atomic mass is 10.2. The highest BCUT2D eigenvalue weighted by Crippen LogP contribution is 2.36. The smallest absolute Gasteiger partial charge is 0.462 e. The largest absolute Gasteiger partial charge is 0.480 e. The number of ether oxygens (including phenoxy) is 1. The molecule has 0 aliphatic carbocycles. The second-order valence-electron chi connectivity index (χ2n) is 7.98. The maximum absolute atomic E-state index is 11.4. The molecule has 0 bridgehead atoms. The third-order valence-electron chi connectivity index (χ3n) is 4.14. The molecular weight excluding hydrogens is 518 g/mol. The first-order chi connectivity index (χ1) is 15.1. The van der Waals surface area contributed by atoms with Crippen molar-refractivity contribution in [2.24, 2.45) is 0 Å². The van der Waals surface area contributed by atoms with Crippen molar-refractivity contribution in [3.63, 3.8) is 0 Å². The molecule has 204 valence electrons. The summed E-state index contributed by atoms with van der Waals surface area (Å²) in [5.41, 5.74) is -11.9. The van der Waals surface area contributed by atoms with Gasteiger partial charge in [0.1, 0.15) is 0 Å². The summed E-state index contributed by atoms with van der Waals surface area (Å²) in [5.74, 6) is -0.266. The maximum Gasteiger partial charge on any atom is 0.480 e. The van der Waals surface area contributed by atoms with Gasteiger partial charge in [0, 0.05) is 5.57 Å². The monoisotopic (exact) mass is 550 g/mol. The lowest BCUT2D eigenvalue weighted by Crippen LogP contribution is -2.41. The number of sulfonamides is 2. The first-order valence-electron chi connectivity index (χ1n) is 10.1. The second-order valence-corrected chi connectivity index (χ2v) is 11.4. The van der Waals surface area contributed by atoms with Crippen molar-refractivity contribution in [3.05, 3.63) is 16.3 Å². The predicted molar refractivity (Wildman–Crippen MR) is 114 cm³/mol. The van der Waals surface area contributed by atoms with Gasteiger partial charge in [-0.15, -0.1) is 0 Å². The van der Waals surface area contributed by atoms with Gasteiger partial charge in [0.15, 0.2) is 20.0 Å². The minimum Gasteiger partial charge on any atom is -0.462 e. The number of hydrogen-bond acceptors (Lipinski definition) is 6. The quantitative estimate of drug-likeness (QED) is 0.109. The molecule has 0 saturated heterocycles. The van der Waals surface area contributed by atoms with E-state index in [-0.39, 0.29) is 5.97 Å². The van der Waals surface area contributed by atoms with E-state index in [2.05, 4.69) is 27.6 Å². The van der Waals surface area contributed by atoms with Crippen LogP contribution in [-0.2, 0) is 29.6 Å². The molecule has 0 aromatic carbocycles. The molecule has 0 radical (unpaired) electrons. The summed E-state index contributed by atoms with van der Waals surface area (Å²) in [6, 6.07) is 0. The molecule has 0 fully saturated rings. The van der Waals surface area contributed by atoms with E-state index >= 15 is 0 Å². The summed E-state index contributed by atoms with van der Waals surface area (Å²) >= 11 is 0. The number of quaternary nitrogens is 1. The second kappa shape index (κ2) is 14.2. The van der Waals surface area contributed by atoms with E-state index in [0.29, 0.717) is 12.2 Å². The van der Waals surface area contributed by atoms with E-state index in [9.17, 15) is 48.0 Å². The van der Waals surface area contributed by atoms with Gasteiger partial charge in [-0.2, -0.15) is 26.3 Å². The summed E-state index contributed by atoms with van der Waals surface area (Å²) in [6.07, 6.45) is 7.15. The Morgan fingerprint density at radius 1 is 0.853 bits per heavy atom. The predicted octanol–water partition coefficient (Wildman–Crippen LogP) is 4.60. The van der Waals surface area contributed by atoms with Gasteiger partial charge in [-0.25, -0.2) is 21.6 Å². The molecule has 0 aromatic rings. The molecule has 0 N–H and O–H groups in total. The van der Waals surface area contributed by atoms with Gasteiger partial charge in [-0.1, -0.05) is 19.9 Å². The van der Waals surface area contributed by atoms with Crippen LogP contribution in [0.1, 0.15) is 52.4 Å². The fraction of sp³-hybridized carbons (Fsp3) is 0.833. The van der Waals surface area contributed by atoms with Crippen molar-refractivity contribution in [1.29, 1.82) is 0 Å². The van der Waals surface area contributed by atoms with E-state index in [1.54, 1.807) is 6.92 Å². The average Bonchev–Trinajstić information content (AvgIpc) is 2.63. The zero-order chi connectivity index (χ0) is 27.4. The van der Waals surface area contributed by atoms with Crippen LogP contribution in [0.3, 0.4) is 0 Å². The highest BCUT2D eigenvalue weighted by atomic mass is 32.3. The van der Waals surface area contributed by atoms with Gasteiger partial charge in [-0.05, 0) is 39.0 Å². The van der Waals surface area contributed by atoms with E-state index in [0.717, 1.165) is 21.5 Å². The Hall–Kier alpha value is -1.39. The molecular formula is C18H32F6N2O6S2. The number of halogens is 6. The van der Waals surface area contributed by atoms with Gasteiger partial charge < -0.3 is 13.3 Å². The first-order valence-corrected chi connectivity index (χ1v) is 13.0. The fourth-order valence-electron chi connectivity index (χ4n) is 2.20. The van der Waals surface area contributed by atoms with Gasteiger partial charge in [0.05, 0.1) is 33.8 Å². The molecule has 0 unspecified atom stereocenters. The Kier molecular flexibility index (Phi) is 14.6. The van der Waals surface area contributed by atoms with Crippen LogP contribution in [0, 0.1) is 0 Å². The van der Waals surface area contributed by atoms with Gasteiger partial charge >= 0.3 is 17.0 Å². The molecule has 0 rings (SSSR count). The van der Waals surface area contributed by atoms with E-state index in [1.165, 1.54) is 38.8 Å². The van der Waals surface area contributed by atoms with Crippen LogP contribution < -0.4 is 0 Å². The number of alkyl halides is 6. The molecule has 0 aliphatic rings. The number of esters is 1. The summed E-state index contributed by atoms with van der Waals surface area (Å²) < 4.78 is 115. The number of nitrogens with zero attached hydrogens (tertiary/aromatic N) is 2. The van der Waals surface area contributed by atoms with Crippen molar-refractivity contribution >= 4 is 26.0 Å². The van der Waals surface area contributed by atoms with Crippen LogP contribution in [0.4, 0.5) is 26.3 Å². The van der Waals surface area contributed by atoms with Crippen LogP contribution >= 0.6 is 0 Å². The van der Waals surface area contributed by atoms with Gasteiger partial charge in [0.25, 0.3) is 0 Å². The molecule has 0 saturated carbocycles. The topological polar surface area (TPSA) is 109 Å². The van der Waals surface area contributed by atoms with Crippen molar-refractivity contribution in [1.82, 2.24) is 0 Å². The summed E-state index contributed by atoms with van der Waals surface area (Å²) in [5, 5.41) is 0. The number of rotatable bonds is 13. The molecule has 16 heteroatoms. The molecule has 34 heavy (non-hydrogen) atoms. The number of unbranched alkanes of at least 4 members (excludes halogenated alkanes) is 4. The minimum atomic E-state index is -6.72. The Morgan fingerprint density at radius 3 is 1.65 bits per heavy atom. The lowest BCUT2D eigenvalue weighted by Gasteiger charge is -2.29. The molecule has 0 amide bonds. The highest BCUT2D eigenvalue weighted by molar-refractivity contribution is 8.13. The highest BCUT2D eigenvalue weighted by Gasteiger charge is 2.46. The van der Waals surface area contributed by atoms with Crippen molar-refractivity contribution < 1.29 is 57.2 Å². The zero-order valence-corrected chi connectivity index (χ0v) is 21.1. The maximum atomic E-state index is 11.4. The molecule has 0 aliphatic heterocycles. The summed E-state index contributed by atoms with van der Waals surface area (Å²) in [6.45, 7) is 10.5. The van der Waals surface area contributed by atoms with Gasteiger partial charge in [0.2, 0.25) is 0 Å². The minimum absolute atomic E-state index is 0.266. The Morgan fingerprint density at radius 2 is 1.26 bits per heavy atom. The van der Waals surface area contributed by atoms with E-state index in [4.69, 9.17) is 4.74 Å². The zero-order valence-electron chi connectivity index (χ0n) is 19.5. The van der Waals surface area contributed by atoms with Crippen LogP contribution in [0.2, 0.25) is 0 Å². The van der Waals surface area contributed by atoms with Crippen LogP contribution in [-0.4, -0.2) is 72.1 Å². The van der Waals surface area contributed by atoms with Crippen molar-refractivity contribution in [2.75, 3.05) is 33.8 Å². The van der Waals surface area contributed by atoms with E-state index in [1.807, 2.05) is 0 Å². The fourth-order valence-corrected chi connectivity index (χ4v) is 3.90. The van der Waals surface area contributed by atoms with Crippen LogP contribution in [0.5, 0.6) is 0 Å². The normalized spacial score (nSPS) is 13.1. The standard InChI is InChI=1S/C16H32NO2.C2F6NO4S2/c1-6-7-12-17(4,5)13-10-8-9-11-14-19-16(18)15(2)3;3-1(4,5)14(10,11)9-15(12,13)2(6,7)8/h2,6-14H2,1,3-5H3;/q+1;-1. The van der Waals surface area contributed by atoms with E-state index < -0.39 is 31.1 Å². The Labute approximate surface area is 197 Å². The first kappa shape index (κ1) is 34.8. The molecule has 0 aromatic heterocycles. The summed E-state index contributed by atoms with van der Waals surface area (Å²) in [4.78, 5) is 11.1. The SMILES string of the molecule is C=C(C)C(=O)OCCCCCC[N+](C)(C)CCCC.O=S(=O)([N-]S(=O)(=O)C(F)(F)F)C(F)(F)F. The molecule has 8 nitrogen and oxygen atoms in total. The number of hydrogen-bond donors (Lipinski definition) is 0. The Balaban J connectivity index is 0. The average molecular weight is 551 g/mol. The molecule has 0 heterocycles. The van der Waals surface area contributed by atoms with Crippen molar-refractivity contribution in [2.45, 2.75) is 63.4 Å². The Bertz CT molecular complexity index is 811. The number of carbonyl (C=O) groups is 1. The number of carbonyl (C=O) groups excluding carboxylic acids is 1. The lowest BCUT2D eigenvalue weighted by molar-refractivity contribution is -0.890. The third-order valence-corrected chi connectivity index (χ3v) is 6.88. The van der Waals surface area contributed by atoms with Crippen LogP contribution in [0.15, 0.2) is 12.2 Å². The summed E-state index contributed by atoms with van der Waals surface area (Å²) in [7, 11) is -8.82.